The van der Waals surface area contributed by atoms with E-state index in [0.717, 1.165) is 22.6 Å². The number of benzene rings is 1. The molecule has 0 aliphatic heterocycles. The molecule has 0 radical (unpaired) electrons. The zero-order valence-electron chi connectivity index (χ0n) is 8.06. The van der Waals surface area contributed by atoms with E-state index in [0.29, 0.717) is 6.42 Å². The fourth-order valence-electron chi connectivity index (χ4n) is 1.63. The van der Waals surface area contributed by atoms with Crippen LogP contribution in [0.2, 0.25) is 0 Å². The monoisotopic (exact) mass is 219 g/mol. The van der Waals surface area contributed by atoms with Crippen LogP contribution in [0.4, 0.5) is 0 Å². The zero-order valence-corrected chi connectivity index (χ0v) is 8.82. The van der Waals surface area contributed by atoms with E-state index in [1.54, 1.807) is 6.20 Å². The molecule has 0 aliphatic carbocycles. The van der Waals surface area contributed by atoms with Crippen LogP contribution in [0.15, 0.2) is 36.7 Å². The number of rotatable bonds is 3. The molecule has 0 aliphatic rings. The molecule has 1 atom stereocenters. The highest BCUT2D eigenvalue weighted by molar-refractivity contribution is 6.27. The summed E-state index contributed by atoms with van der Waals surface area (Å²) in [6.07, 6.45) is 4.88. The average Bonchev–Trinajstić information content (AvgIpc) is 2.29. The maximum atomic E-state index is 10.5. The number of carbonyl (C=O) groups excluding carboxylic acids is 1. The van der Waals surface area contributed by atoms with Gasteiger partial charge in [-0.15, -0.1) is 11.6 Å². The molecule has 15 heavy (non-hydrogen) atoms. The second kappa shape index (κ2) is 4.41. The lowest BCUT2D eigenvalue weighted by Crippen LogP contribution is -2.04. The molecule has 0 amide bonds. The molecular weight excluding hydrogens is 210 g/mol. The maximum Gasteiger partial charge on any atom is 0.138 e. The van der Waals surface area contributed by atoms with Gasteiger partial charge >= 0.3 is 0 Å². The van der Waals surface area contributed by atoms with Crippen LogP contribution in [0.1, 0.15) is 5.56 Å². The molecule has 1 aromatic carbocycles. The third-order valence-corrected chi connectivity index (χ3v) is 2.59. The molecule has 0 fully saturated rings. The van der Waals surface area contributed by atoms with Gasteiger partial charge < -0.3 is 4.79 Å². The van der Waals surface area contributed by atoms with Crippen molar-refractivity contribution in [3.63, 3.8) is 0 Å². The molecule has 0 bridgehead atoms. The van der Waals surface area contributed by atoms with Crippen LogP contribution in [0.25, 0.3) is 10.8 Å². The summed E-state index contributed by atoms with van der Waals surface area (Å²) in [6, 6.07) is 7.88. The van der Waals surface area contributed by atoms with Gasteiger partial charge in [-0.3, -0.25) is 4.98 Å². The summed E-state index contributed by atoms with van der Waals surface area (Å²) in [5.74, 6) is 0. The van der Waals surface area contributed by atoms with Crippen LogP contribution in [-0.2, 0) is 11.2 Å². The van der Waals surface area contributed by atoms with Gasteiger partial charge in [-0.25, -0.2) is 0 Å². The van der Waals surface area contributed by atoms with Crippen molar-refractivity contribution in [3.05, 3.63) is 42.2 Å². The Bertz CT molecular complexity index is 479. The van der Waals surface area contributed by atoms with Crippen molar-refractivity contribution in [2.24, 2.45) is 0 Å². The molecular formula is C12H10ClNO. The van der Waals surface area contributed by atoms with Crippen LogP contribution < -0.4 is 0 Å². The molecule has 2 rings (SSSR count). The van der Waals surface area contributed by atoms with Gasteiger partial charge in [0.2, 0.25) is 0 Å². The molecule has 0 spiro atoms. The van der Waals surface area contributed by atoms with E-state index in [-0.39, 0.29) is 0 Å². The summed E-state index contributed by atoms with van der Waals surface area (Å²) < 4.78 is 0. The van der Waals surface area contributed by atoms with E-state index in [1.165, 1.54) is 0 Å². The summed E-state index contributed by atoms with van der Waals surface area (Å²) >= 11 is 5.82. The van der Waals surface area contributed by atoms with E-state index >= 15 is 0 Å². The summed E-state index contributed by atoms with van der Waals surface area (Å²) in [5.41, 5.74) is 1.09. The standard InChI is InChI=1S/C12H10ClNO/c13-11(8-15)6-9-2-1-3-10-7-14-5-4-12(9)10/h1-5,7-8,11H,6H2. The fourth-order valence-corrected chi connectivity index (χ4v) is 1.79. The second-order valence-electron chi connectivity index (χ2n) is 3.37. The first-order valence-corrected chi connectivity index (χ1v) is 5.16. The largest absolute Gasteiger partial charge is 0.302 e. The first-order valence-electron chi connectivity index (χ1n) is 4.72. The number of nitrogens with zero attached hydrogens (tertiary/aromatic N) is 1. The third-order valence-electron chi connectivity index (χ3n) is 2.33. The highest BCUT2D eigenvalue weighted by Crippen LogP contribution is 2.19. The van der Waals surface area contributed by atoms with Crippen molar-refractivity contribution in [2.75, 3.05) is 0 Å². The Labute approximate surface area is 92.9 Å². The minimum Gasteiger partial charge on any atom is -0.302 e. The molecule has 76 valence electrons. The van der Waals surface area contributed by atoms with Gasteiger partial charge in [0, 0.05) is 17.8 Å². The van der Waals surface area contributed by atoms with Crippen molar-refractivity contribution in [3.8, 4) is 0 Å². The Morgan fingerprint density at radius 3 is 3.07 bits per heavy atom. The quantitative estimate of drug-likeness (QED) is 0.587. The minimum absolute atomic E-state index is 0.455. The van der Waals surface area contributed by atoms with E-state index in [1.807, 2.05) is 30.5 Å². The number of halogens is 1. The molecule has 2 aromatic rings. The van der Waals surface area contributed by atoms with Crippen molar-refractivity contribution < 1.29 is 4.79 Å². The number of aldehydes is 1. The highest BCUT2D eigenvalue weighted by atomic mass is 35.5. The number of fused-ring (bicyclic) bond motifs is 1. The predicted molar refractivity (Wildman–Crippen MR) is 61.2 cm³/mol. The summed E-state index contributed by atoms with van der Waals surface area (Å²) in [7, 11) is 0. The maximum absolute atomic E-state index is 10.5. The van der Waals surface area contributed by atoms with Gasteiger partial charge in [0.25, 0.3) is 0 Å². The lowest BCUT2D eigenvalue weighted by Gasteiger charge is -2.06. The van der Waals surface area contributed by atoms with Gasteiger partial charge in [0.05, 0.1) is 5.38 Å². The molecule has 1 heterocycles. The number of alkyl halides is 1. The summed E-state index contributed by atoms with van der Waals surface area (Å²) in [5, 5.41) is 1.73. The van der Waals surface area contributed by atoms with E-state index in [9.17, 15) is 4.79 Å². The van der Waals surface area contributed by atoms with Gasteiger partial charge in [-0.2, -0.15) is 0 Å². The third kappa shape index (κ3) is 2.16. The second-order valence-corrected chi connectivity index (χ2v) is 3.93. The number of pyridine rings is 1. The van der Waals surface area contributed by atoms with Crippen LogP contribution in [0, 0.1) is 0 Å². The van der Waals surface area contributed by atoms with Crippen molar-refractivity contribution in [2.45, 2.75) is 11.8 Å². The number of aromatic nitrogens is 1. The molecule has 1 aromatic heterocycles. The summed E-state index contributed by atoms with van der Waals surface area (Å²) in [6.45, 7) is 0. The Kier molecular flexibility index (Phi) is 2.97. The first kappa shape index (κ1) is 10.1. The zero-order chi connectivity index (χ0) is 10.7. The Balaban J connectivity index is 2.46. The minimum atomic E-state index is -0.455. The van der Waals surface area contributed by atoms with Crippen molar-refractivity contribution >= 4 is 28.7 Å². The number of hydrogen-bond donors (Lipinski definition) is 0. The average molecular weight is 220 g/mol. The Morgan fingerprint density at radius 1 is 1.40 bits per heavy atom. The van der Waals surface area contributed by atoms with E-state index < -0.39 is 5.38 Å². The van der Waals surface area contributed by atoms with Gasteiger partial charge in [0.15, 0.2) is 0 Å². The molecule has 0 saturated heterocycles. The number of carbonyl (C=O) groups is 1. The Hall–Kier alpha value is -1.41. The van der Waals surface area contributed by atoms with E-state index in [2.05, 4.69) is 4.98 Å². The highest BCUT2D eigenvalue weighted by Gasteiger charge is 2.06. The van der Waals surface area contributed by atoms with E-state index in [4.69, 9.17) is 11.6 Å². The molecule has 3 heteroatoms. The number of hydrogen-bond acceptors (Lipinski definition) is 2. The predicted octanol–water partition coefficient (Wildman–Crippen LogP) is 2.58. The molecule has 1 unspecified atom stereocenters. The Morgan fingerprint density at radius 2 is 2.27 bits per heavy atom. The lowest BCUT2D eigenvalue weighted by molar-refractivity contribution is -0.107. The fraction of sp³-hybridized carbons (Fsp3) is 0.167. The van der Waals surface area contributed by atoms with Crippen LogP contribution in [0.5, 0.6) is 0 Å². The van der Waals surface area contributed by atoms with Gasteiger partial charge in [-0.1, -0.05) is 18.2 Å². The molecule has 0 N–H and O–H groups in total. The van der Waals surface area contributed by atoms with Crippen LogP contribution in [0.3, 0.4) is 0 Å². The first-order chi connectivity index (χ1) is 7.31. The summed E-state index contributed by atoms with van der Waals surface area (Å²) in [4.78, 5) is 14.6. The normalized spacial score (nSPS) is 12.6. The van der Waals surface area contributed by atoms with Crippen molar-refractivity contribution in [1.82, 2.24) is 4.98 Å². The molecule has 2 nitrogen and oxygen atoms in total. The van der Waals surface area contributed by atoms with Gasteiger partial charge in [-0.05, 0) is 23.4 Å². The SMILES string of the molecule is O=CC(Cl)Cc1cccc2cnccc12. The lowest BCUT2D eigenvalue weighted by atomic mass is 10.0. The van der Waals surface area contributed by atoms with Crippen LogP contribution in [-0.4, -0.2) is 16.6 Å². The van der Waals surface area contributed by atoms with Crippen LogP contribution >= 0.6 is 11.6 Å². The topological polar surface area (TPSA) is 30.0 Å². The molecule has 0 saturated carbocycles. The smallest absolute Gasteiger partial charge is 0.138 e. The van der Waals surface area contributed by atoms with Gasteiger partial charge in [0.1, 0.15) is 6.29 Å². The van der Waals surface area contributed by atoms with Crippen molar-refractivity contribution in [1.29, 1.82) is 0 Å².